The highest BCUT2D eigenvalue weighted by atomic mass is 35.5. The Hall–Kier alpha value is -2.97. The monoisotopic (exact) mass is 416 g/mol. The van der Waals surface area contributed by atoms with Crippen LogP contribution in [-0.4, -0.2) is 46.0 Å². The molecular weight excluding hydrogens is 400 g/mol. The zero-order valence-electron chi connectivity index (χ0n) is 15.5. The smallest absolute Gasteiger partial charge is 0.380 e. The summed E-state index contributed by atoms with van der Waals surface area (Å²) in [5.74, 6) is -2.73. The Morgan fingerprint density at radius 2 is 1.97 bits per heavy atom. The average Bonchev–Trinajstić information content (AvgIpc) is 3.09. The van der Waals surface area contributed by atoms with E-state index in [0.717, 1.165) is 0 Å². The van der Waals surface area contributed by atoms with Crippen molar-refractivity contribution < 1.29 is 23.9 Å². The normalized spacial score (nSPS) is 20.2. The van der Waals surface area contributed by atoms with Crippen molar-refractivity contribution in [3.63, 3.8) is 0 Å². The number of fused-ring (bicyclic) bond motifs is 2. The van der Waals surface area contributed by atoms with Crippen molar-refractivity contribution in [2.24, 2.45) is 0 Å². The van der Waals surface area contributed by atoms with Crippen molar-refractivity contribution in [3.05, 3.63) is 68.6 Å². The number of Topliss-reactive ketones (excluding diaryl/α,β-unsaturated/α-hetero) is 1. The standard InChI is InChI=1S/C20H17ClN2O6/c1-11-9-28-14-8-22-7-13(17(24)15(21)16(22)19(26)23(11)14)18(25)20(27)29-10-12-5-3-2-4-6-12/h2-7,11,14H,8-10H2,1H3/t11-,14+/m0/s1. The molecule has 0 N–H and O–H groups in total. The molecule has 9 heteroatoms. The maximum absolute atomic E-state index is 12.8. The number of esters is 1. The first-order valence-corrected chi connectivity index (χ1v) is 9.39. The van der Waals surface area contributed by atoms with Gasteiger partial charge in [0.25, 0.3) is 11.7 Å². The quantitative estimate of drug-likeness (QED) is 0.427. The van der Waals surface area contributed by atoms with E-state index in [0.29, 0.717) is 12.2 Å². The highest BCUT2D eigenvalue weighted by Crippen LogP contribution is 2.29. The third-order valence-corrected chi connectivity index (χ3v) is 5.32. The van der Waals surface area contributed by atoms with Gasteiger partial charge in [0.15, 0.2) is 6.23 Å². The SMILES string of the molecule is C[C@H]1CO[C@@H]2Cn3cc(C(=O)C(=O)OCc4ccccc4)c(=O)c(Cl)c3C(=O)N12. The van der Waals surface area contributed by atoms with Crippen LogP contribution in [0.15, 0.2) is 41.3 Å². The number of hydrogen-bond acceptors (Lipinski definition) is 6. The molecule has 0 saturated carbocycles. The molecule has 2 aliphatic heterocycles. The molecular formula is C20H17ClN2O6. The van der Waals surface area contributed by atoms with Crippen molar-refractivity contribution in [1.82, 2.24) is 9.47 Å². The lowest BCUT2D eigenvalue weighted by atomic mass is 10.1. The molecule has 150 valence electrons. The van der Waals surface area contributed by atoms with Crippen LogP contribution in [0, 0.1) is 0 Å². The Morgan fingerprint density at radius 1 is 1.24 bits per heavy atom. The number of carbonyl (C=O) groups excluding carboxylic acids is 3. The summed E-state index contributed by atoms with van der Waals surface area (Å²) < 4.78 is 12.0. The molecule has 2 aromatic rings. The summed E-state index contributed by atoms with van der Waals surface area (Å²) in [7, 11) is 0. The predicted molar refractivity (Wildman–Crippen MR) is 102 cm³/mol. The molecule has 29 heavy (non-hydrogen) atoms. The number of hydrogen-bond donors (Lipinski definition) is 0. The second kappa shape index (κ2) is 7.46. The summed E-state index contributed by atoms with van der Waals surface area (Å²) in [6.07, 6.45) is 0.661. The minimum absolute atomic E-state index is 0.0144. The van der Waals surface area contributed by atoms with E-state index < -0.39 is 39.9 Å². The Bertz CT molecular complexity index is 1060. The van der Waals surface area contributed by atoms with E-state index in [1.807, 2.05) is 13.0 Å². The van der Waals surface area contributed by atoms with Gasteiger partial charge in [0.1, 0.15) is 17.3 Å². The fourth-order valence-corrected chi connectivity index (χ4v) is 3.80. The van der Waals surface area contributed by atoms with Gasteiger partial charge in [0, 0.05) is 6.20 Å². The molecule has 1 aromatic carbocycles. The van der Waals surface area contributed by atoms with Gasteiger partial charge in [-0.25, -0.2) is 4.79 Å². The first-order valence-electron chi connectivity index (χ1n) is 9.01. The van der Waals surface area contributed by atoms with Crippen LogP contribution in [0.1, 0.15) is 33.3 Å². The van der Waals surface area contributed by atoms with E-state index in [1.165, 1.54) is 15.7 Å². The second-order valence-electron chi connectivity index (χ2n) is 6.93. The lowest BCUT2D eigenvalue weighted by Crippen LogP contribution is -2.49. The summed E-state index contributed by atoms with van der Waals surface area (Å²) in [5, 5.41) is -0.394. The maximum Gasteiger partial charge on any atom is 0.380 e. The molecule has 8 nitrogen and oxygen atoms in total. The van der Waals surface area contributed by atoms with Crippen LogP contribution in [0.25, 0.3) is 0 Å². The number of rotatable bonds is 4. The average molecular weight is 417 g/mol. The number of nitrogens with zero attached hydrogens (tertiary/aromatic N) is 2. The van der Waals surface area contributed by atoms with Gasteiger partial charge in [-0.15, -0.1) is 0 Å². The van der Waals surface area contributed by atoms with Crippen molar-refractivity contribution in [2.75, 3.05) is 6.61 Å². The number of benzene rings is 1. The highest BCUT2D eigenvalue weighted by Gasteiger charge is 2.42. The first-order chi connectivity index (χ1) is 13.9. The maximum atomic E-state index is 12.8. The van der Waals surface area contributed by atoms with Crippen LogP contribution in [-0.2, 0) is 27.4 Å². The Morgan fingerprint density at radius 3 is 2.69 bits per heavy atom. The lowest BCUT2D eigenvalue weighted by Gasteiger charge is -2.33. The fraction of sp³-hybridized carbons (Fsp3) is 0.300. The van der Waals surface area contributed by atoms with Crippen LogP contribution in [0.3, 0.4) is 0 Å². The first kappa shape index (κ1) is 19.4. The number of carbonyl (C=O) groups is 3. The second-order valence-corrected chi connectivity index (χ2v) is 7.31. The molecule has 1 fully saturated rings. The molecule has 0 bridgehead atoms. The predicted octanol–water partition coefficient (Wildman–Crippen LogP) is 1.63. The minimum atomic E-state index is -1.17. The lowest BCUT2D eigenvalue weighted by molar-refractivity contribution is -0.139. The van der Waals surface area contributed by atoms with E-state index in [-0.39, 0.29) is 24.9 Å². The highest BCUT2D eigenvalue weighted by molar-refractivity contribution is 6.41. The minimum Gasteiger partial charge on any atom is -0.455 e. The van der Waals surface area contributed by atoms with Gasteiger partial charge >= 0.3 is 5.97 Å². The Balaban J connectivity index is 1.61. The number of pyridine rings is 1. The largest absolute Gasteiger partial charge is 0.455 e. The summed E-state index contributed by atoms with van der Waals surface area (Å²) in [5.41, 5.74) is -0.630. The molecule has 2 atom stereocenters. The summed E-state index contributed by atoms with van der Waals surface area (Å²) in [6, 6.07) is 8.68. The van der Waals surface area contributed by atoms with Crippen molar-refractivity contribution in [1.29, 1.82) is 0 Å². The van der Waals surface area contributed by atoms with Gasteiger partial charge in [-0.3, -0.25) is 14.4 Å². The number of halogens is 1. The number of amides is 1. The van der Waals surface area contributed by atoms with E-state index in [2.05, 4.69) is 0 Å². The molecule has 0 aliphatic carbocycles. The van der Waals surface area contributed by atoms with Crippen LogP contribution >= 0.6 is 11.6 Å². The summed E-state index contributed by atoms with van der Waals surface area (Å²) in [4.78, 5) is 51.6. The fourth-order valence-electron chi connectivity index (χ4n) is 3.51. The number of ether oxygens (including phenoxy) is 2. The number of ketones is 1. The van der Waals surface area contributed by atoms with E-state index in [1.54, 1.807) is 24.3 Å². The van der Waals surface area contributed by atoms with Crippen LogP contribution in [0.2, 0.25) is 5.02 Å². The van der Waals surface area contributed by atoms with E-state index >= 15 is 0 Å². The zero-order valence-corrected chi connectivity index (χ0v) is 16.2. The van der Waals surface area contributed by atoms with Gasteiger partial charge < -0.3 is 18.9 Å². The molecule has 1 amide bonds. The van der Waals surface area contributed by atoms with Gasteiger partial charge in [0.05, 0.1) is 24.8 Å². The zero-order chi connectivity index (χ0) is 20.7. The molecule has 1 aromatic heterocycles. The van der Waals surface area contributed by atoms with Crippen molar-refractivity contribution >= 4 is 29.3 Å². The molecule has 2 aliphatic rings. The molecule has 3 heterocycles. The van der Waals surface area contributed by atoms with E-state index in [9.17, 15) is 19.2 Å². The van der Waals surface area contributed by atoms with Gasteiger partial charge in [-0.05, 0) is 12.5 Å². The Labute approximate surface area is 170 Å². The Kier molecular flexibility index (Phi) is 4.97. The van der Waals surface area contributed by atoms with Gasteiger partial charge in [-0.2, -0.15) is 0 Å². The molecule has 0 spiro atoms. The van der Waals surface area contributed by atoms with Crippen molar-refractivity contribution in [3.8, 4) is 0 Å². The summed E-state index contributed by atoms with van der Waals surface area (Å²) in [6.45, 7) is 2.29. The molecule has 0 radical (unpaired) electrons. The number of aromatic nitrogens is 1. The van der Waals surface area contributed by atoms with Gasteiger partial charge in [-0.1, -0.05) is 41.9 Å². The van der Waals surface area contributed by atoms with Crippen LogP contribution in [0.5, 0.6) is 0 Å². The molecule has 4 rings (SSSR count). The topological polar surface area (TPSA) is 94.9 Å². The van der Waals surface area contributed by atoms with Gasteiger partial charge in [0.2, 0.25) is 5.43 Å². The molecule has 0 unspecified atom stereocenters. The molecule has 1 saturated heterocycles. The third kappa shape index (κ3) is 3.34. The third-order valence-electron chi connectivity index (χ3n) is 4.97. The summed E-state index contributed by atoms with van der Waals surface area (Å²) >= 11 is 6.15. The van der Waals surface area contributed by atoms with Crippen LogP contribution < -0.4 is 5.43 Å². The van der Waals surface area contributed by atoms with Crippen molar-refractivity contribution in [2.45, 2.75) is 32.3 Å². The van der Waals surface area contributed by atoms with E-state index in [4.69, 9.17) is 21.1 Å². The van der Waals surface area contributed by atoms with Crippen LogP contribution in [0.4, 0.5) is 0 Å².